The fourth-order valence-electron chi connectivity index (χ4n) is 9.23. The SMILES string of the molecule is CC(=O)OC1CCC(C(C2CCC3OC3C2)C(C2CCC3OC3C2)C2CCC3OC3C2)CC1O. The third-order valence-corrected chi connectivity index (χ3v) is 10.9. The number of carbonyl (C=O) groups is 1. The average Bonchev–Trinajstić information content (AvgIpc) is 3.71. The lowest BCUT2D eigenvalue weighted by molar-refractivity contribution is -0.158. The normalized spacial score (nSPS) is 52.9. The highest BCUT2D eigenvalue weighted by atomic mass is 16.6. The first-order chi connectivity index (χ1) is 16.5. The molecule has 7 aliphatic rings. The second-order valence-electron chi connectivity index (χ2n) is 12.8. The van der Waals surface area contributed by atoms with Crippen LogP contribution in [0.3, 0.4) is 0 Å². The lowest BCUT2D eigenvalue weighted by Gasteiger charge is -2.50. The Morgan fingerprint density at radius 2 is 1.06 bits per heavy atom. The molecule has 0 spiro atoms. The zero-order valence-corrected chi connectivity index (χ0v) is 20.6. The van der Waals surface area contributed by atoms with Crippen molar-refractivity contribution in [3.63, 3.8) is 0 Å². The van der Waals surface area contributed by atoms with Gasteiger partial charge < -0.3 is 24.1 Å². The quantitative estimate of drug-likeness (QED) is 0.463. The number of hydrogen-bond donors (Lipinski definition) is 1. The Bertz CT molecular complexity index is 759. The third-order valence-electron chi connectivity index (χ3n) is 10.9. The van der Waals surface area contributed by atoms with Gasteiger partial charge in [0.2, 0.25) is 0 Å². The van der Waals surface area contributed by atoms with Crippen molar-refractivity contribution in [2.24, 2.45) is 35.5 Å². The molecule has 0 radical (unpaired) electrons. The van der Waals surface area contributed by atoms with Crippen LogP contribution in [0.4, 0.5) is 0 Å². The van der Waals surface area contributed by atoms with E-state index in [1.54, 1.807) is 0 Å². The van der Waals surface area contributed by atoms with Crippen LogP contribution in [-0.4, -0.2) is 59.9 Å². The first-order valence-corrected chi connectivity index (χ1v) is 14.3. The van der Waals surface area contributed by atoms with Crippen LogP contribution in [0.15, 0.2) is 0 Å². The molecule has 7 rings (SSSR count). The number of esters is 1. The topological polar surface area (TPSA) is 84.1 Å². The summed E-state index contributed by atoms with van der Waals surface area (Å²) >= 11 is 0. The Labute approximate surface area is 203 Å². The summed E-state index contributed by atoms with van der Waals surface area (Å²) in [5, 5.41) is 11.1. The first-order valence-electron chi connectivity index (χ1n) is 14.3. The van der Waals surface area contributed by atoms with E-state index in [1.807, 2.05) is 0 Å². The van der Waals surface area contributed by atoms with Gasteiger partial charge in [-0.1, -0.05) is 0 Å². The zero-order chi connectivity index (χ0) is 23.0. The maximum absolute atomic E-state index is 11.6. The Morgan fingerprint density at radius 3 is 1.44 bits per heavy atom. The van der Waals surface area contributed by atoms with Gasteiger partial charge in [-0.25, -0.2) is 0 Å². The van der Waals surface area contributed by atoms with Gasteiger partial charge in [0, 0.05) is 6.92 Å². The van der Waals surface area contributed by atoms with Crippen molar-refractivity contribution in [1.29, 1.82) is 0 Å². The summed E-state index contributed by atoms with van der Waals surface area (Å²) in [6.07, 6.45) is 16.0. The number of epoxide rings is 3. The minimum Gasteiger partial charge on any atom is -0.460 e. The highest BCUT2D eigenvalue weighted by molar-refractivity contribution is 5.66. The molecule has 34 heavy (non-hydrogen) atoms. The summed E-state index contributed by atoms with van der Waals surface area (Å²) < 4.78 is 23.5. The molecule has 0 bridgehead atoms. The predicted octanol–water partition coefficient (Wildman–Crippen LogP) is 4.01. The number of aliphatic hydroxyl groups excluding tert-OH is 1. The summed E-state index contributed by atoms with van der Waals surface area (Å²) in [5.74, 6) is 3.69. The predicted molar refractivity (Wildman–Crippen MR) is 124 cm³/mol. The highest BCUT2D eigenvalue weighted by Gasteiger charge is 2.56. The van der Waals surface area contributed by atoms with Gasteiger partial charge in [-0.2, -0.15) is 0 Å². The molecule has 0 aromatic heterocycles. The monoisotopic (exact) mass is 474 g/mol. The maximum atomic E-state index is 11.6. The van der Waals surface area contributed by atoms with Gasteiger partial charge in [0.15, 0.2) is 0 Å². The molecule has 4 aliphatic carbocycles. The molecule has 3 saturated heterocycles. The average molecular weight is 475 g/mol. The van der Waals surface area contributed by atoms with E-state index in [0.717, 1.165) is 31.1 Å². The highest BCUT2D eigenvalue weighted by Crippen LogP contribution is 2.57. The maximum Gasteiger partial charge on any atom is 0.302 e. The van der Waals surface area contributed by atoms with E-state index in [4.69, 9.17) is 18.9 Å². The number of aliphatic hydroxyl groups is 1. The molecule has 13 unspecified atom stereocenters. The van der Waals surface area contributed by atoms with Crippen LogP contribution in [0.25, 0.3) is 0 Å². The summed E-state index contributed by atoms with van der Waals surface area (Å²) in [5.41, 5.74) is 0. The largest absolute Gasteiger partial charge is 0.460 e. The van der Waals surface area contributed by atoms with E-state index in [9.17, 15) is 9.90 Å². The number of carbonyl (C=O) groups excluding carboxylic acids is 1. The van der Waals surface area contributed by atoms with Crippen molar-refractivity contribution in [2.75, 3.05) is 0 Å². The van der Waals surface area contributed by atoms with Crippen LogP contribution in [0.1, 0.15) is 84.0 Å². The molecule has 7 fully saturated rings. The van der Waals surface area contributed by atoms with Crippen molar-refractivity contribution in [3.05, 3.63) is 0 Å². The smallest absolute Gasteiger partial charge is 0.302 e. The van der Waals surface area contributed by atoms with Gasteiger partial charge in [0.1, 0.15) is 6.10 Å². The fraction of sp³-hybridized carbons (Fsp3) is 0.964. The van der Waals surface area contributed by atoms with Crippen LogP contribution >= 0.6 is 0 Å². The molecule has 6 heteroatoms. The van der Waals surface area contributed by atoms with Crippen molar-refractivity contribution in [1.82, 2.24) is 0 Å². The van der Waals surface area contributed by atoms with Gasteiger partial charge in [-0.15, -0.1) is 0 Å². The van der Waals surface area contributed by atoms with Crippen molar-refractivity contribution in [2.45, 2.75) is 133 Å². The van der Waals surface area contributed by atoms with E-state index in [0.29, 0.717) is 60.3 Å². The van der Waals surface area contributed by atoms with E-state index < -0.39 is 6.10 Å². The molecular weight excluding hydrogens is 432 g/mol. The minimum absolute atomic E-state index is 0.275. The van der Waals surface area contributed by atoms with Gasteiger partial charge in [0.05, 0.1) is 42.7 Å². The van der Waals surface area contributed by atoms with Crippen LogP contribution < -0.4 is 0 Å². The third kappa shape index (κ3) is 4.35. The lowest BCUT2D eigenvalue weighted by atomic mass is 9.55. The lowest BCUT2D eigenvalue weighted by Crippen LogP contribution is -2.47. The molecule has 4 saturated carbocycles. The zero-order valence-electron chi connectivity index (χ0n) is 20.6. The number of ether oxygens (including phenoxy) is 4. The van der Waals surface area contributed by atoms with E-state index in [-0.39, 0.29) is 12.1 Å². The second-order valence-corrected chi connectivity index (χ2v) is 12.8. The summed E-state index contributed by atoms with van der Waals surface area (Å²) in [4.78, 5) is 11.6. The Hall–Kier alpha value is -0.690. The molecular formula is C28H42O6. The van der Waals surface area contributed by atoms with Gasteiger partial charge in [0.25, 0.3) is 0 Å². The second kappa shape index (κ2) is 8.71. The van der Waals surface area contributed by atoms with E-state index in [1.165, 1.54) is 64.7 Å². The fourth-order valence-corrected chi connectivity index (χ4v) is 9.23. The Kier molecular flexibility index (Phi) is 5.76. The molecule has 190 valence electrons. The minimum atomic E-state index is -0.538. The van der Waals surface area contributed by atoms with Gasteiger partial charge >= 0.3 is 5.97 Å². The molecule has 0 aromatic rings. The summed E-state index contributed by atoms with van der Waals surface area (Å²) in [6, 6.07) is 0. The van der Waals surface area contributed by atoms with Crippen LogP contribution in [0.5, 0.6) is 0 Å². The molecule has 0 amide bonds. The Morgan fingerprint density at radius 1 is 0.647 bits per heavy atom. The molecule has 3 heterocycles. The molecule has 3 aliphatic heterocycles. The van der Waals surface area contributed by atoms with Crippen molar-refractivity contribution in [3.8, 4) is 0 Å². The standard InChI is InChI=1S/C28H42O6/c1-14(29)31-20-6-2-15(10-19(20)30)27(16-3-7-21-24(11-16)32-21)28(17-4-8-22-25(12-17)33-22)18-5-9-23-26(13-18)34-23/h15-28,30H,2-13H2,1H3. The number of hydrogen-bond acceptors (Lipinski definition) is 6. The van der Waals surface area contributed by atoms with Crippen molar-refractivity contribution < 1.29 is 28.8 Å². The molecule has 0 aromatic carbocycles. The molecule has 6 nitrogen and oxygen atoms in total. The molecule has 13 atom stereocenters. The summed E-state index contributed by atoms with van der Waals surface area (Å²) in [6.45, 7) is 1.46. The number of fused-ring (bicyclic) bond motifs is 3. The summed E-state index contributed by atoms with van der Waals surface area (Å²) in [7, 11) is 0. The Balaban J connectivity index is 1.17. The van der Waals surface area contributed by atoms with Gasteiger partial charge in [-0.3, -0.25) is 4.79 Å². The van der Waals surface area contributed by atoms with Crippen LogP contribution in [0, 0.1) is 35.5 Å². The first kappa shape index (κ1) is 22.5. The van der Waals surface area contributed by atoms with Gasteiger partial charge in [-0.05, 0) is 113 Å². The van der Waals surface area contributed by atoms with Crippen LogP contribution in [-0.2, 0) is 23.7 Å². The van der Waals surface area contributed by atoms with Crippen LogP contribution in [0.2, 0.25) is 0 Å². The van der Waals surface area contributed by atoms with Crippen molar-refractivity contribution >= 4 is 5.97 Å². The molecule has 1 N–H and O–H groups in total. The number of rotatable bonds is 6. The van der Waals surface area contributed by atoms with E-state index in [2.05, 4.69) is 0 Å². The van der Waals surface area contributed by atoms with E-state index >= 15 is 0 Å².